The molecule has 1 aromatic carbocycles. The van der Waals surface area contributed by atoms with Crippen LogP contribution in [0.1, 0.15) is 33.6 Å². The smallest absolute Gasteiger partial charge is 0.410 e. The Hall–Kier alpha value is -1.71. The van der Waals surface area contributed by atoms with E-state index in [1.165, 1.54) is 0 Å². The molecule has 0 radical (unpaired) electrons. The van der Waals surface area contributed by atoms with Gasteiger partial charge in [-0.1, -0.05) is 18.2 Å². The van der Waals surface area contributed by atoms with Gasteiger partial charge in [-0.15, -0.1) is 0 Å². The van der Waals surface area contributed by atoms with E-state index < -0.39 is 5.60 Å². The summed E-state index contributed by atoms with van der Waals surface area (Å²) in [6.45, 7) is 8.19. The van der Waals surface area contributed by atoms with Crippen LogP contribution < -0.4 is 5.32 Å². The summed E-state index contributed by atoms with van der Waals surface area (Å²) in [5.41, 5.74) is 0.707. The van der Waals surface area contributed by atoms with E-state index in [1.54, 1.807) is 0 Å². The number of likely N-dealkylation sites (tertiary alicyclic amines) is 1. The first kappa shape index (κ1) is 15.7. The predicted octanol–water partition coefficient (Wildman–Crippen LogP) is 3.75. The highest BCUT2D eigenvalue weighted by Gasteiger charge is 2.27. The molecule has 116 valence electrons. The second-order valence-corrected chi connectivity index (χ2v) is 6.68. The van der Waals surface area contributed by atoms with Crippen LogP contribution in [0.5, 0.6) is 0 Å². The Morgan fingerprint density at radius 3 is 2.71 bits per heavy atom. The van der Waals surface area contributed by atoms with Crippen LogP contribution in [0.3, 0.4) is 0 Å². The van der Waals surface area contributed by atoms with E-state index >= 15 is 0 Å². The zero-order chi connectivity index (χ0) is 15.3. The standard InChI is InChI=1S/C17H26N2O2/c1-17(2,3)21-16(20)19-11-7-8-14(13-19)12-18-15-9-5-4-6-10-15/h4-6,9-10,14,18H,7-8,11-13H2,1-3H3/t14-/m0/s1. The van der Waals surface area contributed by atoms with Crippen molar-refractivity contribution < 1.29 is 9.53 Å². The number of carbonyl (C=O) groups excluding carboxylic acids is 1. The van der Waals surface area contributed by atoms with Crippen LogP contribution in [0.4, 0.5) is 10.5 Å². The SMILES string of the molecule is CC(C)(C)OC(=O)N1CCC[C@@H](CNc2ccccc2)C1. The Labute approximate surface area is 127 Å². The molecule has 0 saturated carbocycles. The number of piperidine rings is 1. The van der Waals surface area contributed by atoms with Gasteiger partial charge >= 0.3 is 6.09 Å². The minimum atomic E-state index is -0.424. The summed E-state index contributed by atoms with van der Waals surface area (Å²) in [5.74, 6) is 0.478. The molecule has 0 aliphatic carbocycles. The van der Waals surface area contributed by atoms with Crippen molar-refractivity contribution in [1.82, 2.24) is 4.90 Å². The molecule has 1 atom stereocenters. The van der Waals surface area contributed by atoms with Gasteiger partial charge in [0.2, 0.25) is 0 Å². The summed E-state index contributed by atoms with van der Waals surface area (Å²) in [4.78, 5) is 14.0. The number of anilines is 1. The number of para-hydroxylation sites is 1. The zero-order valence-electron chi connectivity index (χ0n) is 13.3. The van der Waals surface area contributed by atoms with E-state index in [0.717, 1.165) is 38.2 Å². The van der Waals surface area contributed by atoms with Crippen molar-refractivity contribution in [2.24, 2.45) is 5.92 Å². The molecular weight excluding hydrogens is 264 g/mol. The molecule has 1 saturated heterocycles. The van der Waals surface area contributed by atoms with Gasteiger partial charge in [0, 0.05) is 25.3 Å². The molecule has 1 amide bonds. The highest BCUT2D eigenvalue weighted by atomic mass is 16.6. The fourth-order valence-corrected chi connectivity index (χ4v) is 2.54. The number of amides is 1. The van der Waals surface area contributed by atoms with E-state index in [2.05, 4.69) is 17.4 Å². The molecule has 1 aliphatic rings. The van der Waals surface area contributed by atoms with Crippen molar-refractivity contribution in [3.05, 3.63) is 30.3 Å². The average molecular weight is 290 g/mol. The molecule has 4 heteroatoms. The number of ether oxygens (including phenoxy) is 1. The van der Waals surface area contributed by atoms with Crippen molar-refractivity contribution in [1.29, 1.82) is 0 Å². The van der Waals surface area contributed by atoms with E-state index in [4.69, 9.17) is 4.74 Å². The molecule has 1 heterocycles. The second kappa shape index (κ2) is 6.83. The van der Waals surface area contributed by atoms with Crippen LogP contribution in [0.2, 0.25) is 0 Å². The average Bonchev–Trinajstić information content (AvgIpc) is 2.45. The first-order valence-corrected chi connectivity index (χ1v) is 7.71. The summed E-state index contributed by atoms with van der Waals surface area (Å²) < 4.78 is 5.45. The molecular formula is C17H26N2O2. The quantitative estimate of drug-likeness (QED) is 0.922. The third kappa shape index (κ3) is 5.29. The van der Waals surface area contributed by atoms with Gasteiger partial charge in [-0.25, -0.2) is 4.79 Å². The zero-order valence-corrected chi connectivity index (χ0v) is 13.3. The lowest BCUT2D eigenvalue weighted by Gasteiger charge is -2.34. The topological polar surface area (TPSA) is 41.6 Å². The Bertz CT molecular complexity index is 454. The monoisotopic (exact) mass is 290 g/mol. The minimum Gasteiger partial charge on any atom is -0.444 e. The van der Waals surface area contributed by atoms with Crippen LogP contribution >= 0.6 is 0 Å². The number of nitrogens with one attached hydrogen (secondary N) is 1. The molecule has 21 heavy (non-hydrogen) atoms. The Kier molecular flexibility index (Phi) is 5.10. The minimum absolute atomic E-state index is 0.188. The maximum Gasteiger partial charge on any atom is 0.410 e. The molecule has 0 aromatic heterocycles. The number of benzene rings is 1. The molecule has 0 spiro atoms. The molecule has 1 N–H and O–H groups in total. The lowest BCUT2D eigenvalue weighted by Crippen LogP contribution is -2.44. The van der Waals surface area contributed by atoms with Crippen molar-refractivity contribution in [3.63, 3.8) is 0 Å². The third-order valence-electron chi connectivity index (χ3n) is 3.54. The van der Waals surface area contributed by atoms with Gasteiger partial charge in [0.25, 0.3) is 0 Å². The van der Waals surface area contributed by atoms with Gasteiger partial charge in [-0.05, 0) is 51.7 Å². The van der Waals surface area contributed by atoms with Crippen LogP contribution in [-0.2, 0) is 4.74 Å². The van der Waals surface area contributed by atoms with Crippen molar-refractivity contribution in [3.8, 4) is 0 Å². The first-order chi connectivity index (χ1) is 9.94. The maximum atomic E-state index is 12.1. The molecule has 2 rings (SSSR count). The Morgan fingerprint density at radius 2 is 2.05 bits per heavy atom. The highest BCUT2D eigenvalue weighted by Crippen LogP contribution is 2.20. The van der Waals surface area contributed by atoms with E-state index in [0.29, 0.717) is 5.92 Å². The largest absolute Gasteiger partial charge is 0.444 e. The first-order valence-electron chi connectivity index (χ1n) is 7.71. The van der Waals surface area contributed by atoms with E-state index in [1.807, 2.05) is 43.9 Å². The number of nitrogens with zero attached hydrogens (tertiary/aromatic N) is 1. The van der Waals surface area contributed by atoms with Gasteiger partial charge in [0.05, 0.1) is 0 Å². The van der Waals surface area contributed by atoms with Crippen LogP contribution in [0, 0.1) is 5.92 Å². The Morgan fingerprint density at radius 1 is 1.33 bits per heavy atom. The van der Waals surface area contributed by atoms with Gasteiger partial charge in [0.15, 0.2) is 0 Å². The summed E-state index contributed by atoms with van der Waals surface area (Å²) in [6.07, 6.45) is 2.01. The molecule has 1 aromatic rings. The molecule has 1 fully saturated rings. The van der Waals surface area contributed by atoms with Gasteiger partial charge in [0.1, 0.15) is 5.60 Å². The number of hydrogen-bond donors (Lipinski definition) is 1. The van der Waals surface area contributed by atoms with Crippen molar-refractivity contribution in [2.75, 3.05) is 25.0 Å². The summed E-state index contributed by atoms with van der Waals surface area (Å²) in [5, 5.41) is 3.44. The van der Waals surface area contributed by atoms with Crippen LogP contribution in [0.15, 0.2) is 30.3 Å². The molecule has 0 bridgehead atoms. The van der Waals surface area contributed by atoms with E-state index in [-0.39, 0.29) is 6.09 Å². The number of rotatable bonds is 3. The Balaban J connectivity index is 1.82. The normalized spacial score (nSPS) is 19.2. The fourth-order valence-electron chi connectivity index (χ4n) is 2.54. The molecule has 0 unspecified atom stereocenters. The lowest BCUT2D eigenvalue weighted by molar-refractivity contribution is 0.0172. The van der Waals surface area contributed by atoms with E-state index in [9.17, 15) is 4.79 Å². The molecule has 1 aliphatic heterocycles. The maximum absolute atomic E-state index is 12.1. The summed E-state index contributed by atoms with van der Waals surface area (Å²) in [6, 6.07) is 10.2. The van der Waals surface area contributed by atoms with Crippen molar-refractivity contribution >= 4 is 11.8 Å². The lowest BCUT2D eigenvalue weighted by atomic mass is 9.98. The fraction of sp³-hybridized carbons (Fsp3) is 0.588. The summed E-state index contributed by atoms with van der Waals surface area (Å²) >= 11 is 0. The van der Waals surface area contributed by atoms with Crippen LogP contribution in [0.25, 0.3) is 0 Å². The van der Waals surface area contributed by atoms with Crippen molar-refractivity contribution in [2.45, 2.75) is 39.2 Å². The third-order valence-corrected chi connectivity index (χ3v) is 3.54. The van der Waals surface area contributed by atoms with Gasteiger partial charge in [-0.2, -0.15) is 0 Å². The van der Waals surface area contributed by atoms with Crippen LogP contribution in [-0.4, -0.2) is 36.2 Å². The van der Waals surface area contributed by atoms with Gasteiger partial charge in [-0.3, -0.25) is 0 Å². The second-order valence-electron chi connectivity index (χ2n) is 6.68. The number of carbonyl (C=O) groups is 1. The van der Waals surface area contributed by atoms with Gasteiger partial charge < -0.3 is 15.0 Å². The number of hydrogen-bond acceptors (Lipinski definition) is 3. The predicted molar refractivity (Wildman–Crippen MR) is 85.5 cm³/mol. The molecule has 4 nitrogen and oxygen atoms in total. The summed E-state index contributed by atoms with van der Waals surface area (Å²) in [7, 11) is 0. The highest BCUT2D eigenvalue weighted by molar-refractivity contribution is 5.68.